The van der Waals surface area contributed by atoms with Gasteiger partial charge in [-0.05, 0) is 37.8 Å². The van der Waals surface area contributed by atoms with Gasteiger partial charge >= 0.3 is 0 Å². The van der Waals surface area contributed by atoms with Crippen molar-refractivity contribution < 1.29 is 4.39 Å². The fourth-order valence-electron chi connectivity index (χ4n) is 2.57. The first-order valence-electron chi connectivity index (χ1n) is 5.37. The molecule has 0 amide bonds. The van der Waals surface area contributed by atoms with Crippen LogP contribution in [0.25, 0.3) is 0 Å². The normalized spacial score (nSPS) is 21.4. The average Bonchev–Trinajstić information content (AvgIpc) is 2.05. The molecule has 1 unspecified atom stereocenters. The molecule has 0 radical (unpaired) electrons. The molecule has 2 rings (SSSR count). The van der Waals surface area contributed by atoms with Crippen molar-refractivity contribution in [1.82, 2.24) is 0 Å². The Hall–Kier alpha value is -0.850. The van der Waals surface area contributed by atoms with Crippen molar-refractivity contribution in [3.63, 3.8) is 0 Å². The van der Waals surface area contributed by atoms with Crippen LogP contribution in [0.2, 0.25) is 0 Å². The molecule has 1 atom stereocenters. The van der Waals surface area contributed by atoms with E-state index in [-0.39, 0.29) is 5.41 Å². The smallest absolute Gasteiger partial charge is 0.107 e. The second-order valence-electron chi connectivity index (χ2n) is 4.44. The summed E-state index contributed by atoms with van der Waals surface area (Å²) in [4.78, 5) is 0. The summed E-state index contributed by atoms with van der Waals surface area (Å²) >= 11 is 0. The number of hydrogen-bond donors (Lipinski definition) is 0. The number of halogens is 1. The SMILES string of the molecule is Cc1ccccc1C1(C(C)F)CCC1. The number of alkyl halides is 1. The van der Waals surface area contributed by atoms with Gasteiger partial charge in [-0.15, -0.1) is 0 Å². The number of benzene rings is 1. The molecule has 1 fully saturated rings. The first kappa shape index (κ1) is 9.70. The molecule has 14 heavy (non-hydrogen) atoms. The van der Waals surface area contributed by atoms with Gasteiger partial charge in [-0.25, -0.2) is 4.39 Å². The Bertz CT molecular complexity index is 324. The molecule has 0 nitrogen and oxygen atoms in total. The third kappa shape index (κ3) is 1.26. The number of rotatable bonds is 2. The van der Waals surface area contributed by atoms with E-state index in [4.69, 9.17) is 0 Å². The van der Waals surface area contributed by atoms with Crippen LogP contribution >= 0.6 is 0 Å². The van der Waals surface area contributed by atoms with Gasteiger partial charge in [-0.1, -0.05) is 30.7 Å². The van der Waals surface area contributed by atoms with E-state index >= 15 is 0 Å². The fourth-order valence-corrected chi connectivity index (χ4v) is 2.57. The molecule has 76 valence electrons. The minimum atomic E-state index is -0.725. The van der Waals surface area contributed by atoms with Crippen molar-refractivity contribution in [2.45, 2.75) is 44.7 Å². The van der Waals surface area contributed by atoms with Crippen LogP contribution < -0.4 is 0 Å². The van der Waals surface area contributed by atoms with Gasteiger partial charge in [0, 0.05) is 5.41 Å². The van der Waals surface area contributed by atoms with Crippen LogP contribution in [0.5, 0.6) is 0 Å². The lowest BCUT2D eigenvalue weighted by atomic mass is 9.61. The van der Waals surface area contributed by atoms with E-state index < -0.39 is 6.17 Å². The molecule has 1 aliphatic carbocycles. The second kappa shape index (κ2) is 3.38. The number of aryl methyl sites for hydroxylation is 1. The first-order chi connectivity index (χ1) is 6.67. The van der Waals surface area contributed by atoms with Crippen molar-refractivity contribution in [2.75, 3.05) is 0 Å². The van der Waals surface area contributed by atoms with Crippen LogP contribution in [0.1, 0.15) is 37.3 Å². The predicted octanol–water partition coefficient (Wildman–Crippen LogP) is 3.77. The summed E-state index contributed by atoms with van der Waals surface area (Å²) in [5.41, 5.74) is 2.30. The lowest BCUT2D eigenvalue weighted by Gasteiger charge is -2.44. The van der Waals surface area contributed by atoms with Crippen LogP contribution in [0.3, 0.4) is 0 Å². The third-order valence-corrected chi connectivity index (χ3v) is 3.69. The summed E-state index contributed by atoms with van der Waals surface area (Å²) in [6.45, 7) is 3.78. The molecule has 1 saturated carbocycles. The molecule has 0 aromatic heterocycles. The van der Waals surface area contributed by atoms with E-state index in [1.807, 2.05) is 12.1 Å². The minimum Gasteiger partial charge on any atom is -0.247 e. The second-order valence-corrected chi connectivity index (χ2v) is 4.44. The highest BCUT2D eigenvalue weighted by Crippen LogP contribution is 2.48. The molecule has 1 heteroatoms. The molecule has 0 spiro atoms. The van der Waals surface area contributed by atoms with Crippen molar-refractivity contribution in [1.29, 1.82) is 0 Å². The lowest BCUT2D eigenvalue weighted by Crippen LogP contribution is -2.42. The van der Waals surface area contributed by atoms with Crippen molar-refractivity contribution in [2.24, 2.45) is 0 Å². The molecule has 0 aliphatic heterocycles. The molecule has 0 heterocycles. The third-order valence-electron chi connectivity index (χ3n) is 3.69. The molecule has 0 saturated heterocycles. The Kier molecular flexibility index (Phi) is 2.34. The van der Waals surface area contributed by atoms with E-state index in [1.54, 1.807) is 6.92 Å². The maximum absolute atomic E-state index is 13.7. The van der Waals surface area contributed by atoms with Crippen LogP contribution in [-0.2, 0) is 5.41 Å². The standard InChI is InChI=1S/C13H17F/c1-10-6-3-4-7-12(10)13(11(2)14)8-5-9-13/h3-4,6-7,11H,5,8-9H2,1-2H3. The van der Waals surface area contributed by atoms with Crippen LogP contribution in [0, 0.1) is 6.92 Å². The highest BCUT2D eigenvalue weighted by Gasteiger charge is 2.44. The monoisotopic (exact) mass is 192 g/mol. The Labute approximate surface area is 85.1 Å². The Balaban J connectivity index is 2.42. The summed E-state index contributed by atoms with van der Waals surface area (Å²) in [6, 6.07) is 8.21. The van der Waals surface area contributed by atoms with Gasteiger partial charge in [0.15, 0.2) is 0 Å². The Morgan fingerprint density at radius 1 is 1.29 bits per heavy atom. The summed E-state index contributed by atoms with van der Waals surface area (Å²) in [5, 5.41) is 0. The zero-order valence-corrected chi connectivity index (χ0v) is 8.89. The van der Waals surface area contributed by atoms with Gasteiger partial charge < -0.3 is 0 Å². The molecule has 1 aromatic rings. The largest absolute Gasteiger partial charge is 0.247 e. The van der Waals surface area contributed by atoms with Gasteiger partial charge in [0.05, 0.1) is 0 Å². The fraction of sp³-hybridized carbons (Fsp3) is 0.538. The van der Waals surface area contributed by atoms with E-state index in [0.29, 0.717) is 0 Å². The van der Waals surface area contributed by atoms with E-state index in [1.165, 1.54) is 17.5 Å². The predicted molar refractivity (Wildman–Crippen MR) is 57.3 cm³/mol. The first-order valence-corrected chi connectivity index (χ1v) is 5.37. The maximum Gasteiger partial charge on any atom is 0.107 e. The topological polar surface area (TPSA) is 0 Å². The molecule has 1 aliphatic rings. The molecular formula is C13H17F. The van der Waals surface area contributed by atoms with E-state index in [0.717, 1.165) is 12.8 Å². The van der Waals surface area contributed by atoms with Crippen LogP contribution in [0.4, 0.5) is 4.39 Å². The van der Waals surface area contributed by atoms with E-state index in [2.05, 4.69) is 19.1 Å². The van der Waals surface area contributed by atoms with Crippen LogP contribution in [-0.4, -0.2) is 6.17 Å². The van der Waals surface area contributed by atoms with Crippen molar-refractivity contribution >= 4 is 0 Å². The van der Waals surface area contributed by atoms with Gasteiger partial charge in [0.2, 0.25) is 0 Å². The lowest BCUT2D eigenvalue weighted by molar-refractivity contribution is 0.113. The molecule has 1 aromatic carbocycles. The van der Waals surface area contributed by atoms with E-state index in [9.17, 15) is 4.39 Å². The minimum absolute atomic E-state index is 0.161. The highest BCUT2D eigenvalue weighted by molar-refractivity contribution is 5.36. The van der Waals surface area contributed by atoms with Crippen LogP contribution in [0.15, 0.2) is 24.3 Å². The zero-order valence-electron chi connectivity index (χ0n) is 8.89. The maximum atomic E-state index is 13.7. The summed E-state index contributed by atoms with van der Waals surface area (Å²) < 4.78 is 13.7. The zero-order chi connectivity index (χ0) is 10.2. The quantitative estimate of drug-likeness (QED) is 0.669. The Morgan fingerprint density at radius 3 is 2.36 bits per heavy atom. The number of hydrogen-bond acceptors (Lipinski definition) is 0. The summed E-state index contributed by atoms with van der Waals surface area (Å²) in [6.07, 6.45) is 2.46. The van der Waals surface area contributed by atoms with Crippen molar-refractivity contribution in [3.8, 4) is 0 Å². The van der Waals surface area contributed by atoms with Gasteiger partial charge in [0.1, 0.15) is 6.17 Å². The van der Waals surface area contributed by atoms with Crippen molar-refractivity contribution in [3.05, 3.63) is 35.4 Å². The van der Waals surface area contributed by atoms with Gasteiger partial charge in [-0.3, -0.25) is 0 Å². The summed E-state index contributed by atoms with van der Waals surface area (Å²) in [7, 11) is 0. The van der Waals surface area contributed by atoms with Gasteiger partial charge in [0.25, 0.3) is 0 Å². The van der Waals surface area contributed by atoms with Gasteiger partial charge in [-0.2, -0.15) is 0 Å². The molecule has 0 bridgehead atoms. The highest BCUT2D eigenvalue weighted by atomic mass is 19.1. The summed E-state index contributed by atoms with van der Waals surface area (Å²) in [5.74, 6) is 0. The Morgan fingerprint density at radius 2 is 1.93 bits per heavy atom. The molecule has 0 N–H and O–H groups in total. The average molecular weight is 192 g/mol. The molecular weight excluding hydrogens is 175 g/mol.